The van der Waals surface area contributed by atoms with E-state index in [1.54, 1.807) is 12.1 Å². The average molecular weight is 718 g/mol. The summed E-state index contributed by atoms with van der Waals surface area (Å²) in [6.07, 6.45) is 2.83. The van der Waals surface area contributed by atoms with Gasteiger partial charge in [-0.3, -0.25) is 14.4 Å². The largest absolute Gasteiger partial charge is 0.348 e. The van der Waals surface area contributed by atoms with E-state index in [1.165, 1.54) is 12.1 Å². The monoisotopic (exact) mass is 717 g/mol. The van der Waals surface area contributed by atoms with Gasteiger partial charge in [-0.25, -0.2) is 13.2 Å². The van der Waals surface area contributed by atoms with Crippen LogP contribution in [0.2, 0.25) is 0 Å². The van der Waals surface area contributed by atoms with Crippen molar-refractivity contribution < 1.29 is 27.6 Å². The van der Waals surface area contributed by atoms with Crippen LogP contribution < -0.4 is 27.0 Å². The summed E-state index contributed by atoms with van der Waals surface area (Å²) in [6.45, 7) is 2.33. The van der Waals surface area contributed by atoms with Crippen molar-refractivity contribution in [3.63, 3.8) is 0 Å². The van der Waals surface area contributed by atoms with Crippen molar-refractivity contribution in [2.75, 3.05) is 25.0 Å². The number of aromatic nitrogens is 4. The number of benzene rings is 3. The molecule has 274 valence electrons. The van der Waals surface area contributed by atoms with Crippen LogP contribution in [0.1, 0.15) is 53.6 Å². The van der Waals surface area contributed by atoms with Gasteiger partial charge in [0.05, 0.1) is 12.1 Å². The number of aryl methyl sites for hydroxylation is 1. The molecule has 7 N–H and O–H groups in total. The van der Waals surface area contributed by atoms with E-state index >= 15 is 0 Å². The second-order valence-corrected chi connectivity index (χ2v) is 13.7. The number of piperidine rings is 1. The zero-order valence-corrected chi connectivity index (χ0v) is 28.7. The summed E-state index contributed by atoms with van der Waals surface area (Å²) in [7, 11) is 0. The fraction of sp³-hybridized carbons (Fsp3) is 0.405. The van der Waals surface area contributed by atoms with Crippen molar-refractivity contribution in [3.05, 3.63) is 83.2 Å². The van der Waals surface area contributed by atoms with Crippen molar-refractivity contribution in [2.45, 2.75) is 63.5 Å². The third-order valence-electron chi connectivity index (χ3n) is 9.85. The molecule has 52 heavy (non-hydrogen) atoms. The molecule has 1 saturated carbocycles. The van der Waals surface area contributed by atoms with Crippen molar-refractivity contribution in [1.82, 2.24) is 36.6 Å². The van der Waals surface area contributed by atoms with E-state index in [-0.39, 0.29) is 41.9 Å². The van der Waals surface area contributed by atoms with Crippen LogP contribution in [0.3, 0.4) is 0 Å². The molecule has 3 aromatic carbocycles. The van der Waals surface area contributed by atoms with E-state index in [9.17, 15) is 27.6 Å². The summed E-state index contributed by atoms with van der Waals surface area (Å²) in [5.41, 5.74) is 9.86. The Labute approximate surface area is 298 Å². The Morgan fingerprint density at radius 1 is 1.00 bits per heavy atom. The first kappa shape index (κ1) is 36.6. The van der Waals surface area contributed by atoms with E-state index < -0.39 is 48.6 Å². The van der Waals surface area contributed by atoms with Crippen LogP contribution in [-0.4, -0.2) is 76.0 Å². The summed E-state index contributed by atoms with van der Waals surface area (Å²) >= 11 is 0. The third kappa shape index (κ3) is 9.01. The van der Waals surface area contributed by atoms with Gasteiger partial charge in [0.25, 0.3) is 11.8 Å². The summed E-state index contributed by atoms with van der Waals surface area (Å²) in [4.78, 5) is 39.9. The quantitative estimate of drug-likeness (QED) is 0.134. The highest BCUT2D eigenvalue weighted by Gasteiger charge is 2.37. The van der Waals surface area contributed by atoms with Crippen LogP contribution in [0.5, 0.6) is 0 Å². The van der Waals surface area contributed by atoms with Crippen molar-refractivity contribution >= 4 is 23.4 Å². The number of carbonyl (C=O) groups is 3. The first-order valence-corrected chi connectivity index (χ1v) is 17.4. The molecular weight excluding hydrogens is 675 g/mol. The van der Waals surface area contributed by atoms with Gasteiger partial charge >= 0.3 is 0 Å². The standard InChI is InChI=1S/C37H42F3N9O3/c1-21-14-26(35(51)44-28-17-37(39,40)20-42-19-28)10-12-29(21)24-6-2-22(3-7-24)15-32(45-34(50)25-8-4-23(18-41)5-9-25)36(52)43-27-11-13-30(31(38)16-27)33-46-48-49-47-33/h2-3,6-7,10-14,16,23,25,28,32,42H,4-5,8-9,15,17-20,41H2,1H3,(H,43,52)(H,44,51)(H,45,50)(H,46,47,48,49)/t23-,25-,28?,32-/m0/s1. The lowest BCUT2D eigenvalue weighted by molar-refractivity contribution is -0.130. The van der Waals surface area contributed by atoms with Crippen LogP contribution in [-0.2, 0) is 16.0 Å². The van der Waals surface area contributed by atoms with Gasteiger partial charge in [0.2, 0.25) is 17.6 Å². The first-order valence-electron chi connectivity index (χ1n) is 17.4. The van der Waals surface area contributed by atoms with Crippen molar-refractivity contribution in [2.24, 2.45) is 17.6 Å². The average Bonchev–Trinajstić information content (AvgIpc) is 3.66. The van der Waals surface area contributed by atoms with Crippen molar-refractivity contribution in [3.8, 4) is 22.5 Å². The first-order chi connectivity index (χ1) is 25.0. The predicted molar refractivity (Wildman–Crippen MR) is 189 cm³/mol. The molecule has 2 aliphatic rings. The number of halogens is 3. The summed E-state index contributed by atoms with van der Waals surface area (Å²) < 4.78 is 42.5. The summed E-state index contributed by atoms with van der Waals surface area (Å²) in [5, 5.41) is 24.4. The Hall–Kier alpha value is -5.15. The maximum Gasteiger partial charge on any atom is 0.262 e. The molecule has 15 heteroatoms. The van der Waals surface area contributed by atoms with Crippen LogP contribution in [0.4, 0.5) is 18.9 Å². The number of tetrazole rings is 1. The highest BCUT2D eigenvalue weighted by atomic mass is 19.3. The Morgan fingerprint density at radius 2 is 1.75 bits per heavy atom. The Kier molecular flexibility index (Phi) is 11.3. The third-order valence-corrected chi connectivity index (χ3v) is 9.85. The van der Waals surface area contributed by atoms with Gasteiger partial charge in [-0.1, -0.05) is 30.3 Å². The molecule has 2 fully saturated rings. The maximum atomic E-state index is 14.9. The van der Waals surface area contributed by atoms with E-state index in [0.717, 1.165) is 41.2 Å². The highest BCUT2D eigenvalue weighted by Crippen LogP contribution is 2.30. The van der Waals surface area contributed by atoms with E-state index in [1.807, 2.05) is 37.3 Å². The molecule has 2 heterocycles. The van der Waals surface area contributed by atoms with Gasteiger partial charge in [0.15, 0.2) is 0 Å². The van der Waals surface area contributed by atoms with E-state index in [2.05, 4.69) is 41.9 Å². The Balaban J connectivity index is 1.14. The molecule has 12 nitrogen and oxygen atoms in total. The molecule has 6 rings (SSSR count). The van der Waals surface area contributed by atoms with Gasteiger partial charge in [0.1, 0.15) is 11.9 Å². The van der Waals surface area contributed by atoms with Gasteiger partial charge < -0.3 is 27.0 Å². The zero-order valence-electron chi connectivity index (χ0n) is 28.7. The number of anilines is 1. The van der Waals surface area contributed by atoms with Crippen molar-refractivity contribution in [1.29, 1.82) is 0 Å². The number of rotatable bonds is 11. The van der Waals surface area contributed by atoms with E-state index in [4.69, 9.17) is 5.73 Å². The number of nitrogens with zero attached hydrogens (tertiary/aromatic N) is 3. The van der Waals surface area contributed by atoms with Gasteiger partial charge in [-0.2, -0.15) is 5.21 Å². The smallest absolute Gasteiger partial charge is 0.262 e. The molecule has 1 saturated heterocycles. The van der Waals surface area contributed by atoms with Gasteiger partial charge in [-0.15, -0.1) is 10.2 Å². The topological polar surface area (TPSA) is 180 Å². The lowest BCUT2D eigenvalue weighted by Gasteiger charge is -2.30. The predicted octanol–water partition coefficient (Wildman–Crippen LogP) is 4.14. The minimum Gasteiger partial charge on any atom is -0.348 e. The SMILES string of the molecule is Cc1cc(C(=O)NC2CNCC(F)(F)C2)ccc1-c1ccc(C[C@H](NC(=O)[C@H]2CC[C@H](CN)CC2)C(=O)Nc2ccc(-c3nn[nH]n3)c(F)c2)cc1. The van der Waals surface area contributed by atoms with Crippen LogP contribution >= 0.6 is 0 Å². The fourth-order valence-electron chi connectivity index (χ4n) is 6.93. The molecule has 3 amide bonds. The fourth-order valence-corrected chi connectivity index (χ4v) is 6.93. The van der Waals surface area contributed by atoms with E-state index in [0.29, 0.717) is 30.9 Å². The summed E-state index contributed by atoms with van der Waals surface area (Å²) in [5.74, 6) is -4.42. The summed E-state index contributed by atoms with van der Waals surface area (Å²) in [6, 6.07) is 15.2. The number of carbonyl (C=O) groups excluding carboxylic acids is 3. The number of nitrogens with two attached hydrogens (primary N) is 1. The highest BCUT2D eigenvalue weighted by molar-refractivity contribution is 5.98. The maximum absolute atomic E-state index is 14.9. The molecule has 0 spiro atoms. The van der Waals surface area contributed by atoms with Crippen LogP contribution in [0.15, 0.2) is 60.7 Å². The molecule has 1 aliphatic heterocycles. The molecule has 1 aliphatic carbocycles. The second-order valence-electron chi connectivity index (χ2n) is 13.7. The molecule has 4 aromatic rings. The molecule has 1 unspecified atom stereocenters. The molecule has 1 aromatic heterocycles. The number of hydrogen-bond acceptors (Lipinski definition) is 8. The molecule has 0 radical (unpaired) electrons. The molecular formula is C37H42F3N9O3. The number of alkyl halides is 2. The van der Waals surface area contributed by atoms with Gasteiger partial charge in [0, 0.05) is 42.6 Å². The Bertz CT molecular complexity index is 1880. The Morgan fingerprint density at radius 3 is 2.40 bits per heavy atom. The number of nitrogens with one attached hydrogen (secondary N) is 5. The zero-order chi connectivity index (χ0) is 36.8. The van der Waals surface area contributed by atoms with Gasteiger partial charge in [-0.05, 0) is 103 Å². The number of amides is 3. The van der Waals surface area contributed by atoms with Crippen LogP contribution in [0, 0.1) is 24.6 Å². The second kappa shape index (κ2) is 16.0. The lowest BCUT2D eigenvalue weighted by atomic mass is 9.81. The number of H-pyrrole nitrogens is 1. The van der Waals surface area contributed by atoms with Crippen LogP contribution in [0.25, 0.3) is 22.5 Å². The number of hydrogen-bond donors (Lipinski definition) is 6. The molecule has 0 bridgehead atoms. The minimum atomic E-state index is -2.87. The molecule has 2 atom stereocenters. The lowest BCUT2D eigenvalue weighted by Crippen LogP contribution is -2.53. The number of aromatic amines is 1. The minimum absolute atomic E-state index is 0.0760. The normalized spacial score (nSPS) is 20.4.